The van der Waals surface area contributed by atoms with Crippen LogP contribution >= 0.6 is 23.1 Å². The van der Waals surface area contributed by atoms with Gasteiger partial charge in [0.25, 0.3) is 5.91 Å². The van der Waals surface area contributed by atoms with Gasteiger partial charge in [0.2, 0.25) is 10.6 Å². The van der Waals surface area contributed by atoms with Crippen LogP contribution in [-0.2, 0) is 0 Å². The van der Waals surface area contributed by atoms with Crippen molar-refractivity contribution in [1.82, 2.24) is 20.0 Å². The molecule has 0 radical (unpaired) electrons. The molecular formula is C17H15N5O2S2. The molecule has 3 aromatic rings. The molecule has 0 aliphatic heterocycles. The number of hydrogen-bond acceptors (Lipinski definition) is 7. The Morgan fingerprint density at radius 2 is 2.23 bits per heavy atom. The summed E-state index contributed by atoms with van der Waals surface area (Å²) in [6, 6.07) is 8.91. The first-order valence-corrected chi connectivity index (χ1v) is 9.42. The quantitative estimate of drug-likeness (QED) is 0.399. The number of rotatable bonds is 6. The van der Waals surface area contributed by atoms with E-state index in [9.17, 15) is 9.59 Å². The van der Waals surface area contributed by atoms with E-state index in [2.05, 4.69) is 27.2 Å². The number of amides is 1. The molecule has 0 aliphatic carbocycles. The van der Waals surface area contributed by atoms with Crippen molar-refractivity contribution in [3.63, 3.8) is 0 Å². The van der Waals surface area contributed by atoms with Crippen LogP contribution in [0.5, 0.6) is 0 Å². The lowest BCUT2D eigenvalue weighted by Gasteiger charge is -2.07. The van der Waals surface area contributed by atoms with E-state index in [4.69, 9.17) is 0 Å². The predicted molar refractivity (Wildman–Crippen MR) is 103 cm³/mol. The van der Waals surface area contributed by atoms with Gasteiger partial charge in [0.1, 0.15) is 0 Å². The highest BCUT2D eigenvalue weighted by Crippen LogP contribution is 2.25. The fourth-order valence-corrected chi connectivity index (χ4v) is 3.59. The topological polar surface area (TPSA) is 89.8 Å². The van der Waals surface area contributed by atoms with Crippen molar-refractivity contribution in [1.29, 1.82) is 0 Å². The van der Waals surface area contributed by atoms with Crippen LogP contribution in [0.15, 0.2) is 58.3 Å². The Balaban J connectivity index is 1.83. The van der Waals surface area contributed by atoms with E-state index < -0.39 is 11.3 Å². The van der Waals surface area contributed by atoms with Crippen molar-refractivity contribution in [2.45, 2.75) is 11.3 Å². The average molecular weight is 385 g/mol. The van der Waals surface area contributed by atoms with Crippen molar-refractivity contribution in [2.75, 3.05) is 11.1 Å². The van der Waals surface area contributed by atoms with E-state index >= 15 is 0 Å². The number of benzene rings is 1. The highest BCUT2D eigenvalue weighted by molar-refractivity contribution is 8.01. The summed E-state index contributed by atoms with van der Waals surface area (Å²) in [5.74, 6) is 0.0812. The number of carbonyl (C=O) groups excluding carboxylic acids is 1. The van der Waals surface area contributed by atoms with Crippen molar-refractivity contribution in [3.8, 4) is 5.69 Å². The highest BCUT2D eigenvalue weighted by Gasteiger charge is 2.16. The first-order valence-electron chi connectivity index (χ1n) is 7.62. The number of hydrogen-bond donors (Lipinski definition) is 1. The molecule has 0 spiro atoms. The van der Waals surface area contributed by atoms with Crippen molar-refractivity contribution >= 4 is 34.1 Å². The molecule has 2 aromatic heterocycles. The molecule has 0 bridgehead atoms. The van der Waals surface area contributed by atoms with Gasteiger partial charge in [0, 0.05) is 18.0 Å². The van der Waals surface area contributed by atoms with Crippen LogP contribution in [-0.4, -0.2) is 31.6 Å². The number of nitrogens with zero attached hydrogens (tertiary/aromatic N) is 4. The third-order valence-electron chi connectivity index (χ3n) is 3.24. The number of aromatic nitrogens is 4. The second kappa shape index (κ2) is 8.07. The van der Waals surface area contributed by atoms with Crippen molar-refractivity contribution < 1.29 is 4.79 Å². The molecule has 0 fully saturated rings. The summed E-state index contributed by atoms with van der Waals surface area (Å²) in [5.41, 5.74) is 1.15. The minimum Gasteiger partial charge on any atom is -0.295 e. The number of anilines is 1. The third kappa shape index (κ3) is 4.24. The summed E-state index contributed by atoms with van der Waals surface area (Å²) in [7, 11) is 0. The molecule has 0 aliphatic rings. The smallest absolute Gasteiger partial charge is 0.282 e. The Labute approximate surface area is 157 Å². The molecule has 1 N–H and O–H groups in total. The molecule has 1 aromatic carbocycles. The number of aryl methyl sites for hydroxylation is 1. The molecule has 0 unspecified atom stereocenters. The molecule has 9 heteroatoms. The zero-order chi connectivity index (χ0) is 18.5. The standard InChI is InChI=1S/C17H15N5O2S2/c1-3-9-25-17-20-19-16(26-17)18-15(24)14-13(23)7-8-22(21-14)12-6-4-5-11(2)10-12/h3-8,10H,1,9H2,2H3,(H,18,19,24). The maximum absolute atomic E-state index is 12.4. The van der Waals surface area contributed by atoms with Crippen LogP contribution in [0.3, 0.4) is 0 Å². The van der Waals surface area contributed by atoms with Crippen LogP contribution in [0.4, 0.5) is 5.13 Å². The first kappa shape index (κ1) is 18.0. The Hall–Kier alpha value is -2.78. The minimum absolute atomic E-state index is 0.204. The summed E-state index contributed by atoms with van der Waals surface area (Å²) in [4.78, 5) is 24.5. The molecule has 132 valence electrons. The van der Waals surface area contributed by atoms with E-state index in [1.165, 1.54) is 40.0 Å². The van der Waals surface area contributed by atoms with Gasteiger partial charge in [-0.05, 0) is 24.6 Å². The molecule has 0 saturated heterocycles. The zero-order valence-corrected chi connectivity index (χ0v) is 15.5. The SMILES string of the molecule is C=CCSc1nnc(NC(=O)c2nn(-c3cccc(C)c3)ccc2=O)s1. The number of nitrogens with one attached hydrogen (secondary N) is 1. The lowest BCUT2D eigenvalue weighted by atomic mass is 10.2. The summed E-state index contributed by atoms with van der Waals surface area (Å²) in [5, 5.41) is 14.9. The first-order chi connectivity index (χ1) is 12.6. The normalized spacial score (nSPS) is 10.5. The summed E-state index contributed by atoms with van der Waals surface area (Å²) >= 11 is 2.69. The van der Waals surface area contributed by atoms with Crippen LogP contribution in [0.1, 0.15) is 16.1 Å². The molecular weight excluding hydrogens is 370 g/mol. The fourth-order valence-electron chi connectivity index (χ4n) is 2.08. The maximum Gasteiger partial charge on any atom is 0.282 e. The van der Waals surface area contributed by atoms with Gasteiger partial charge in [0.05, 0.1) is 5.69 Å². The van der Waals surface area contributed by atoms with Gasteiger partial charge in [-0.25, -0.2) is 4.68 Å². The largest absolute Gasteiger partial charge is 0.295 e. The summed E-state index contributed by atoms with van der Waals surface area (Å²) in [6.07, 6.45) is 3.29. The van der Waals surface area contributed by atoms with E-state index in [1.54, 1.807) is 6.08 Å². The van der Waals surface area contributed by atoms with Gasteiger partial charge >= 0.3 is 0 Å². The number of thioether (sulfide) groups is 1. The van der Waals surface area contributed by atoms with Gasteiger partial charge in [-0.1, -0.05) is 41.3 Å². The molecule has 3 rings (SSSR count). The summed E-state index contributed by atoms with van der Waals surface area (Å²) < 4.78 is 2.20. The van der Waals surface area contributed by atoms with E-state index in [1.807, 2.05) is 31.2 Å². The van der Waals surface area contributed by atoms with Gasteiger partial charge in [0.15, 0.2) is 10.0 Å². The third-order valence-corrected chi connectivity index (χ3v) is 5.21. The number of carbonyl (C=O) groups is 1. The molecule has 0 atom stereocenters. The van der Waals surface area contributed by atoms with Gasteiger partial charge < -0.3 is 0 Å². The highest BCUT2D eigenvalue weighted by atomic mass is 32.2. The second-order valence-electron chi connectivity index (χ2n) is 5.24. The van der Waals surface area contributed by atoms with Crippen molar-refractivity contribution in [3.05, 3.63) is 70.7 Å². The average Bonchev–Trinajstić information content (AvgIpc) is 3.07. The lowest BCUT2D eigenvalue weighted by Crippen LogP contribution is -2.25. The fraction of sp³-hybridized carbons (Fsp3) is 0.118. The van der Waals surface area contributed by atoms with E-state index in [-0.39, 0.29) is 5.69 Å². The maximum atomic E-state index is 12.4. The van der Waals surface area contributed by atoms with Gasteiger partial charge in [-0.2, -0.15) is 5.10 Å². The molecule has 7 nitrogen and oxygen atoms in total. The molecule has 2 heterocycles. The Bertz CT molecular complexity index is 1010. The lowest BCUT2D eigenvalue weighted by molar-refractivity contribution is 0.101. The Morgan fingerprint density at radius 1 is 1.38 bits per heavy atom. The van der Waals surface area contributed by atoms with E-state index in [0.29, 0.717) is 15.2 Å². The van der Waals surface area contributed by atoms with Gasteiger partial charge in [-0.15, -0.1) is 16.8 Å². The predicted octanol–water partition coefficient (Wildman–Crippen LogP) is 2.92. The monoisotopic (exact) mass is 385 g/mol. The Morgan fingerprint density at radius 3 is 3.00 bits per heavy atom. The van der Waals surface area contributed by atoms with Crippen LogP contribution in [0, 0.1) is 6.92 Å². The molecule has 26 heavy (non-hydrogen) atoms. The molecule has 0 saturated carbocycles. The van der Waals surface area contributed by atoms with Crippen LogP contribution in [0.25, 0.3) is 5.69 Å². The Kier molecular flexibility index (Phi) is 5.59. The van der Waals surface area contributed by atoms with Crippen molar-refractivity contribution in [2.24, 2.45) is 0 Å². The minimum atomic E-state index is -0.617. The van der Waals surface area contributed by atoms with E-state index in [0.717, 1.165) is 11.3 Å². The van der Waals surface area contributed by atoms with Crippen LogP contribution in [0.2, 0.25) is 0 Å². The van der Waals surface area contributed by atoms with Gasteiger partial charge in [-0.3, -0.25) is 14.9 Å². The zero-order valence-electron chi connectivity index (χ0n) is 13.9. The second-order valence-corrected chi connectivity index (χ2v) is 7.48. The summed E-state index contributed by atoms with van der Waals surface area (Å²) in [6.45, 7) is 5.59. The van der Waals surface area contributed by atoms with Crippen LogP contribution < -0.4 is 10.7 Å². The molecule has 1 amide bonds.